The second kappa shape index (κ2) is 3.78. The lowest BCUT2D eigenvalue weighted by Crippen LogP contribution is -2.23. The van der Waals surface area contributed by atoms with Gasteiger partial charge < -0.3 is 4.74 Å². The Labute approximate surface area is 76.5 Å². The van der Waals surface area contributed by atoms with Gasteiger partial charge in [0.15, 0.2) is 0 Å². The molecule has 0 amide bonds. The summed E-state index contributed by atoms with van der Waals surface area (Å²) >= 11 is 0. The lowest BCUT2D eigenvalue weighted by atomic mass is 9.76. The van der Waals surface area contributed by atoms with E-state index in [4.69, 9.17) is 4.74 Å². The van der Waals surface area contributed by atoms with Crippen molar-refractivity contribution in [2.24, 2.45) is 11.3 Å². The van der Waals surface area contributed by atoms with Crippen LogP contribution in [-0.2, 0) is 4.74 Å². The third-order valence-electron chi connectivity index (χ3n) is 2.94. The quantitative estimate of drug-likeness (QED) is 0.542. The molecule has 1 rings (SSSR count). The zero-order valence-corrected chi connectivity index (χ0v) is 8.89. The average Bonchev–Trinajstić information content (AvgIpc) is 2.11. The minimum absolute atomic E-state index is 0.460. The third kappa shape index (κ3) is 2.78. The smallest absolute Gasteiger partial charge is 0.0549 e. The van der Waals surface area contributed by atoms with Gasteiger partial charge in [0, 0.05) is 6.61 Å². The number of ether oxygens (including phenoxy) is 1. The monoisotopic (exact) mass is 170 g/mol. The van der Waals surface area contributed by atoms with Gasteiger partial charge in [-0.25, -0.2) is 0 Å². The van der Waals surface area contributed by atoms with Gasteiger partial charge in [-0.2, -0.15) is 0 Å². The zero-order chi connectivity index (χ0) is 9.19. The van der Waals surface area contributed by atoms with E-state index in [1.165, 1.54) is 19.3 Å². The first-order valence-corrected chi connectivity index (χ1v) is 5.12. The maximum atomic E-state index is 5.63. The summed E-state index contributed by atoms with van der Waals surface area (Å²) in [5.41, 5.74) is 0.460. The molecule has 0 aromatic rings. The van der Waals surface area contributed by atoms with Crippen LogP contribution >= 0.6 is 0 Å². The Hall–Kier alpha value is -0.0400. The van der Waals surface area contributed by atoms with E-state index in [1.54, 1.807) is 0 Å². The molecule has 1 heterocycles. The van der Waals surface area contributed by atoms with Crippen molar-refractivity contribution in [3.63, 3.8) is 0 Å². The topological polar surface area (TPSA) is 9.23 Å². The molecule has 1 aliphatic rings. The van der Waals surface area contributed by atoms with Crippen molar-refractivity contribution in [2.75, 3.05) is 6.61 Å². The molecule has 0 saturated carbocycles. The first kappa shape index (κ1) is 10.0. The molecule has 1 fully saturated rings. The molecule has 0 spiro atoms. The van der Waals surface area contributed by atoms with Crippen LogP contribution in [0.4, 0.5) is 0 Å². The summed E-state index contributed by atoms with van der Waals surface area (Å²) in [6, 6.07) is 0. The molecule has 0 bridgehead atoms. The van der Waals surface area contributed by atoms with Gasteiger partial charge in [-0.3, -0.25) is 0 Å². The molecule has 2 atom stereocenters. The molecular weight excluding hydrogens is 148 g/mol. The molecule has 72 valence electrons. The highest BCUT2D eigenvalue weighted by Gasteiger charge is 2.27. The van der Waals surface area contributed by atoms with Gasteiger partial charge in [-0.15, -0.1) is 0 Å². The van der Waals surface area contributed by atoms with Crippen LogP contribution in [0, 0.1) is 11.3 Å². The van der Waals surface area contributed by atoms with Gasteiger partial charge in [0.05, 0.1) is 6.10 Å². The van der Waals surface area contributed by atoms with Crippen LogP contribution in [0.3, 0.4) is 0 Å². The highest BCUT2D eigenvalue weighted by molar-refractivity contribution is 4.77. The minimum atomic E-state index is 0.460. The maximum Gasteiger partial charge on any atom is 0.0549 e. The molecule has 1 heteroatoms. The van der Waals surface area contributed by atoms with Crippen molar-refractivity contribution in [1.29, 1.82) is 0 Å². The van der Waals surface area contributed by atoms with Crippen molar-refractivity contribution in [3.8, 4) is 0 Å². The van der Waals surface area contributed by atoms with E-state index in [9.17, 15) is 0 Å². The van der Waals surface area contributed by atoms with E-state index in [0.29, 0.717) is 11.5 Å². The zero-order valence-electron chi connectivity index (χ0n) is 8.89. The molecule has 0 N–H and O–H groups in total. The van der Waals surface area contributed by atoms with E-state index >= 15 is 0 Å². The van der Waals surface area contributed by atoms with Crippen LogP contribution in [0.5, 0.6) is 0 Å². The molecule has 2 unspecified atom stereocenters. The van der Waals surface area contributed by atoms with Crippen LogP contribution in [0.1, 0.15) is 47.0 Å². The highest BCUT2D eigenvalue weighted by Crippen LogP contribution is 2.35. The van der Waals surface area contributed by atoms with E-state index in [1.807, 2.05) is 0 Å². The Balaban J connectivity index is 2.52. The van der Waals surface area contributed by atoms with E-state index in [-0.39, 0.29) is 0 Å². The predicted octanol–water partition coefficient (Wildman–Crippen LogP) is 3.24. The second-order valence-corrected chi connectivity index (χ2v) is 5.12. The summed E-state index contributed by atoms with van der Waals surface area (Å²) in [5, 5.41) is 0. The fourth-order valence-corrected chi connectivity index (χ4v) is 1.99. The molecule has 1 aliphatic heterocycles. The van der Waals surface area contributed by atoms with Crippen molar-refractivity contribution < 1.29 is 4.74 Å². The van der Waals surface area contributed by atoms with Crippen LogP contribution in [-0.4, -0.2) is 12.7 Å². The molecule has 0 aromatic carbocycles. The van der Waals surface area contributed by atoms with Crippen molar-refractivity contribution >= 4 is 0 Å². The van der Waals surface area contributed by atoms with Crippen LogP contribution in [0.25, 0.3) is 0 Å². The second-order valence-electron chi connectivity index (χ2n) is 5.12. The van der Waals surface area contributed by atoms with Gasteiger partial charge in [0.2, 0.25) is 0 Å². The number of hydrogen-bond acceptors (Lipinski definition) is 1. The van der Waals surface area contributed by atoms with E-state index in [2.05, 4.69) is 27.7 Å². The first-order valence-electron chi connectivity index (χ1n) is 5.12. The van der Waals surface area contributed by atoms with Gasteiger partial charge in [-0.05, 0) is 37.5 Å². The molecule has 1 saturated heterocycles. The van der Waals surface area contributed by atoms with Crippen molar-refractivity contribution in [1.82, 2.24) is 0 Å². The van der Waals surface area contributed by atoms with Gasteiger partial charge in [-0.1, -0.05) is 20.8 Å². The third-order valence-corrected chi connectivity index (χ3v) is 2.94. The summed E-state index contributed by atoms with van der Waals surface area (Å²) in [7, 11) is 0. The van der Waals surface area contributed by atoms with Crippen molar-refractivity contribution in [3.05, 3.63) is 0 Å². The molecule has 0 aliphatic carbocycles. The summed E-state index contributed by atoms with van der Waals surface area (Å²) in [5.74, 6) is 0.843. The minimum Gasteiger partial charge on any atom is -0.378 e. The van der Waals surface area contributed by atoms with Crippen LogP contribution < -0.4 is 0 Å². The Bertz CT molecular complexity index is 134. The summed E-state index contributed by atoms with van der Waals surface area (Å²) < 4.78 is 5.63. The molecular formula is C11H22O. The fourth-order valence-electron chi connectivity index (χ4n) is 1.99. The largest absolute Gasteiger partial charge is 0.378 e. The molecule has 0 aromatic heterocycles. The van der Waals surface area contributed by atoms with Gasteiger partial charge in [0.25, 0.3) is 0 Å². The fraction of sp³-hybridized carbons (Fsp3) is 1.00. The molecule has 1 nitrogen and oxygen atoms in total. The summed E-state index contributed by atoms with van der Waals surface area (Å²) in [4.78, 5) is 0. The predicted molar refractivity (Wildman–Crippen MR) is 52.2 cm³/mol. The van der Waals surface area contributed by atoms with Crippen LogP contribution in [0.15, 0.2) is 0 Å². The highest BCUT2D eigenvalue weighted by atomic mass is 16.5. The molecule has 12 heavy (non-hydrogen) atoms. The Kier molecular flexibility index (Phi) is 3.16. The SMILES string of the molecule is CC1CC(C(C)(C)C)CCCO1. The molecule has 0 radical (unpaired) electrons. The maximum absolute atomic E-state index is 5.63. The van der Waals surface area contributed by atoms with Gasteiger partial charge in [0.1, 0.15) is 0 Å². The average molecular weight is 170 g/mol. The van der Waals surface area contributed by atoms with E-state index < -0.39 is 0 Å². The standard InChI is InChI=1S/C11H22O/c1-9-8-10(11(2,3)4)6-5-7-12-9/h9-10H,5-8H2,1-4H3. The lowest BCUT2D eigenvalue weighted by molar-refractivity contribution is 0.0591. The summed E-state index contributed by atoms with van der Waals surface area (Å²) in [6.07, 6.45) is 4.29. The first-order chi connectivity index (χ1) is 5.50. The number of rotatable bonds is 0. The van der Waals surface area contributed by atoms with E-state index in [0.717, 1.165) is 12.5 Å². The van der Waals surface area contributed by atoms with Crippen LogP contribution in [0.2, 0.25) is 0 Å². The lowest BCUT2D eigenvalue weighted by Gasteiger charge is -2.30. The normalized spacial score (nSPS) is 33.0. The number of hydrogen-bond donors (Lipinski definition) is 0. The Morgan fingerprint density at radius 2 is 1.92 bits per heavy atom. The summed E-state index contributed by atoms with van der Waals surface area (Å²) in [6.45, 7) is 10.2. The Morgan fingerprint density at radius 3 is 2.50 bits per heavy atom. The Morgan fingerprint density at radius 1 is 1.25 bits per heavy atom. The van der Waals surface area contributed by atoms with Gasteiger partial charge >= 0.3 is 0 Å². The van der Waals surface area contributed by atoms with Crippen molar-refractivity contribution in [2.45, 2.75) is 53.1 Å².